The van der Waals surface area contributed by atoms with Crippen LogP contribution in [0.1, 0.15) is 51.2 Å². The Morgan fingerprint density at radius 2 is 2.04 bits per heavy atom. The summed E-state index contributed by atoms with van der Waals surface area (Å²) in [6.07, 6.45) is 3.41. The molecule has 132 valence electrons. The second kappa shape index (κ2) is 5.98. The molecule has 1 N–H and O–H groups in total. The Bertz CT molecular complexity index is 641. The number of hydrogen-bond donors (Lipinski definition) is 1. The highest BCUT2D eigenvalue weighted by atomic mass is 16.5. The van der Waals surface area contributed by atoms with Gasteiger partial charge in [-0.1, -0.05) is 32.9 Å². The Hall–Kier alpha value is -1.71. The first-order valence-corrected chi connectivity index (χ1v) is 8.93. The average molecular weight is 330 g/mol. The van der Waals surface area contributed by atoms with Crippen molar-refractivity contribution < 1.29 is 9.53 Å². The Balaban J connectivity index is 1.57. The van der Waals surface area contributed by atoms with Crippen LogP contribution in [0.5, 0.6) is 5.75 Å². The van der Waals surface area contributed by atoms with E-state index in [1.54, 1.807) is 0 Å². The third-order valence-electron chi connectivity index (χ3n) is 5.68. The van der Waals surface area contributed by atoms with Crippen molar-refractivity contribution in [3.8, 4) is 5.75 Å². The van der Waals surface area contributed by atoms with Crippen LogP contribution in [0.15, 0.2) is 18.2 Å². The molecule has 1 aliphatic carbocycles. The standard InChI is InChI=1S/C20H30N2O2/c1-14-7-6-8-17(15(14)2)24-13-21-18(23)22-12-20(5)10-16(22)9-19(3,4)11-20/h6-8,16H,9-13H2,1-5H3,(H,21,23). The predicted octanol–water partition coefficient (Wildman–Crippen LogP) is 4.25. The molecule has 0 spiro atoms. The molecule has 1 saturated heterocycles. The fourth-order valence-electron chi connectivity index (χ4n) is 4.86. The Labute approximate surface area is 145 Å². The highest BCUT2D eigenvalue weighted by Gasteiger charge is 2.50. The van der Waals surface area contributed by atoms with Crippen molar-refractivity contribution in [1.29, 1.82) is 0 Å². The average Bonchev–Trinajstić information content (AvgIpc) is 2.72. The summed E-state index contributed by atoms with van der Waals surface area (Å²) in [5.74, 6) is 0.837. The van der Waals surface area contributed by atoms with Crippen molar-refractivity contribution >= 4 is 6.03 Å². The molecule has 1 heterocycles. The number of carbonyl (C=O) groups excluding carboxylic acids is 1. The molecule has 1 saturated carbocycles. The van der Waals surface area contributed by atoms with Gasteiger partial charge in [-0.05, 0) is 61.1 Å². The Morgan fingerprint density at radius 3 is 2.79 bits per heavy atom. The molecule has 2 atom stereocenters. The molecule has 1 aromatic carbocycles. The van der Waals surface area contributed by atoms with Crippen molar-refractivity contribution in [1.82, 2.24) is 10.2 Å². The fourth-order valence-corrected chi connectivity index (χ4v) is 4.86. The fraction of sp³-hybridized carbons (Fsp3) is 0.650. The zero-order valence-corrected chi connectivity index (χ0v) is 15.6. The first kappa shape index (κ1) is 17.1. The van der Waals surface area contributed by atoms with Gasteiger partial charge in [0.15, 0.2) is 6.73 Å². The number of likely N-dealkylation sites (tertiary alicyclic amines) is 1. The molecule has 3 rings (SSSR count). The van der Waals surface area contributed by atoms with Crippen molar-refractivity contribution in [2.75, 3.05) is 13.3 Å². The number of carbonyl (C=O) groups is 1. The summed E-state index contributed by atoms with van der Waals surface area (Å²) in [6.45, 7) is 12.1. The molecule has 4 nitrogen and oxygen atoms in total. The third kappa shape index (κ3) is 3.38. The number of nitrogens with one attached hydrogen (secondary N) is 1. The van der Waals surface area contributed by atoms with E-state index in [9.17, 15) is 4.79 Å². The van der Waals surface area contributed by atoms with Crippen molar-refractivity contribution in [3.05, 3.63) is 29.3 Å². The van der Waals surface area contributed by atoms with Gasteiger partial charge in [0, 0.05) is 12.6 Å². The van der Waals surface area contributed by atoms with E-state index in [2.05, 4.69) is 39.1 Å². The predicted molar refractivity (Wildman–Crippen MR) is 96.2 cm³/mol. The number of amides is 2. The van der Waals surface area contributed by atoms with Crippen LogP contribution in [-0.4, -0.2) is 30.2 Å². The number of fused-ring (bicyclic) bond motifs is 2. The summed E-state index contributed by atoms with van der Waals surface area (Å²) in [5.41, 5.74) is 2.90. The molecule has 2 amide bonds. The smallest absolute Gasteiger partial charge is 0.320 e. The van der Waals surface area contributed by atoms with Crippen molar-refractivity contribution in [3.63, 3.8) is 0 Å². The van der Waals surface area contributed by atoms with E-state index >= 15 is 0 Å². The van der Waals surface area contributed by atoms with Crippen LogP contribution in [-0.2, 0) is 0 Å². The minimum Gasteiger partial charge on any atom is -0.473 e. The lowest BCUT2D eigenvalue weighted by Gasteiger charge is -2.39. The molecule has 2 fully saturated rings. The summed E-state index contributed by atoms with van der Waals surface area (Å²) in [7, 11) is 0. The summed E-state index contributed by atoms with van der Waals surface area (Å²) >= 11 is 0. The second-order valence-corrected chi connectivity index (χ2v) is 8.81. The summed E-state index contributed by atoms with van der Waals surface area (Å²) < 4.78 is 5.77. The lowest BCUT2D eigenvalue weighted by atomic mass is 9.65. The van der Waals surface area contributed by atoms with E-state index < -0.39 is 0 Å². The topological polar surface area (TPSA) is 41.6 Å². The van der Waals surface area contributed by atoms with Gasteiger partial charge in [-0.3, -0.25) is 0 Å². The number of hydrogen-bond acceptors (Lipinski definition) is 2. The monoisotopic (exact) mass is 330 g/mol. The molecule has 4 heteroatoms. The minimum absolute atomic E-state index is 0.00623. The van der Waals surface area contributed by atoms with Gasteiger partial charge < -0.3 is 15.0 Å². The number of benzene rings is 1. The molecule has 1 aliphatic heterocycles. The maximum Gasteiger partial charge on any atom is 0.320 e. The first-order valence-electron chi connectivity index (χ1n) is 8.93. The summed E-state index contributed by atoms with van der Waals surface area (Å²) in [4.78, 5) is 14.6. The molecule has 1 aromatic rings. The minimum atomic E-state index is 0.00623. The number of rotatable bonds is 3. The van der Waals surface area contributed by atoms with E-state index in [-0.39, 0.29) is 18.2 Å². The van der Waals surface area contributed by atoms with E-state index in [1.165, 1.54) is 12.0 Å². The van der Waals surface area contributed by atoms with Gasteiger partial charge >= 0.3 is 6.03 Å². The number of urea groups is 1. The Kier molecular flexibility index (Phi) is 4.27. The first-order chi connectivity index (χ1) is 11.2. The van der Waals surface area contributed by atoms with Gasteiger partial charge in [0.1, 0.15) is 5.75 Å². The number of aryl methyl sites for hydroxylation is 1. The summed E-state index contributed by atoms with van der Waals surface area (Å²) in [6, 6.07) is 6.35. The van der Waals surface area contributed by atoms with Crippen LogP contribution in [0.4, 0.5) is 4.79 Å². The maximum atomic E-state index is 12.6. The maximum absolute atomic E-state index is 12.6. The molecule has 0 radical (unpaired) electrons. The largest absolute Gasteiger partial charge is 0.473 e. The van der Waals surface area contributed by atoms with Gasteiger partial charge in [0.05, 0.1) is 0 Å². The van der Waals surface area contributed by atoms with Crippen LogP contribution >= 0.6 is 0 Å². The highest BCUT2D eigenvalue weighted by Crippen LogP contribution is 2.52. The molecular formula is C20H30N2O2. The molecule has 2 bridgehead atoms. The van der Waals surface area contributed by atoms with Crippen molar-refractivity contribution in [2.45, 2.75) is 59.9 Å². The van der Waals surface area contributed by atoms with E-state index in [0.29, 0.717) is 11.5 Å². The summed E-state index contributed by atoms with van der Waals surface area (Å²) in [5, 5.41) is 2.94. The SMILES string of the molecule is Cc1cccc(OCNC(=O)N2CC3(C)CC2CC(C)(C)C3)c1C. The molecular weight excluding hydrogens is 300 g/mol. The lowest BCUT2D eigenvalue weighted by Crippen LogP contribution is -2.44. The van der Waals surface area contributed by atoms with Crippen LogP contribution in [0, 0.1) is 24.7 Å². The quantitative estimate of drug-likeness (QED) is 0.842. The Morgan fingerprint density at radius 1 is 1.29 bits per heavy atom. The van der Waals surface area contributed by atoms with Gasteiger partial charge in [-0.25, -0.2) is 4.79 Å². The third-order valence-corrected chi connectivity index (χ3v) is 5.68. The van der Waals surface area contributed by atoms with E-state index in [0.717, 1.165) is 30.7 Å². The van der Waals surface area contributed by atoms with Crippen LogP contribution in [0.3, 0.4) is 0 Å². The van der Waals surface area contributed by atoms with E-state index in [1.807, 2.05) is 24.0 Å². The van der Waals surface area contributed by atoms with Crippen LogP contribution < -0.4 is 10.1 Å². The van der Waals surface area contributed by atoms with E-state index in [4.69, 9.17) is 4.74 Å². The number of nitrogens with zero attached hydrogens (tertiary/aromatic N) is 1. The van der Waals surface area contributed by atoms with Gasteiger partial charge in [-0.2, -0.15) is 0 Å². The normalized spacial score (nSPS) is 27.9. The second-order valence-electron chi connectivity index (χ2n) is 8.81. The van der Waals surface area contributed by atoms with Crippen molar-refractivity contribution in [2.24, 2.45) is 10.8 Å². The lowest BCUT2D eigenvalue weighted by molar-refractivity contribution is 0.128. The molecule has 2 unspecified atom stereocenters. The van der Waals surface area contributed by atoms with Crippen LogP contribution in [0.25, 0.3) is 0 Å². The van der Waals surface area contributed by atoms with Gasteiger partial charge in [-0.15, -0.1) is 0 Å². The molecule has 0 aromatic heterocycles. The van der Waals surface area contributed by atoms with Gasteiger partial charge in [0.25, 0.3) is 0 Å². The zero-order chi connectivity index (χ0) is 17.5. The molecule has 2 aliphatic rings. The van der Waals surface area contributed by atoms with Gasteiger partial charge in [0.2, 0.25) is 0 Å². The highest BCUT2D eigenvalue weighted by molar-refractivity contribution is 5.75. The zero-order valence-electron chi connectivity index (χ0n) is 15.6. The molecule has 24 heavy (non-hydrogen) atoms. The number of ether oxygens (including phenoxy) is 1. The van der Waals surface area contributed by atoms with Crippen LogP contribution in [0.2, 0.25) is 0 Å².